The van der Waals surface area contributed by atoms with Crippen molar-refractivity contribution in [3.05, 3.63) is 12.7 Å². The molecule has 0 aliphatic carbocycles. The minimum Gasteiger partial charge on any atom is -0.391 e. The standard InChI is InChI=1S/C9H18O2/c1-3-5-6-7-11-8-9(10)4-2/h3,9-10H,1,4-8H2,2H3. The molecule has 0 aromatic heterocycles. The highest BCUT2D eigenvalue weighted by atomic mass is 16.5. The average Bonchev–Trinajstić information content (AvgIpc) is 2.04. The van der Waals surface area contributed by atoms with Crippen molar-refractivity contribution in [1.29, 1.82) is 0 Å². The summed E-state index contributed by atoms with van der Waals surface area (Å²) in [6.45, 7) is 6.74. The van der Waals surface area contributed by atoms with Gasteiger partial charge < -0.3 is 9.84 Å². The molecule has 0 bridgehead atoms. The number of aliphatic hydroxyl groups is 1. The van der Waals surface area contributed by atoms with Crippen molar-refractivity contribution >= 4 is 0 Å². The average molecular weight is 158 g/mol. The molecule has 0 amide bonds. The highest BCUT2D eigenvalue weighted by molar-refractivity contribution is 4.65. The summed E-state index contributed by atoms with van der Waals surface area (Å²) in [5.74, 6) is 0. The number of aliphatic hydroxyl groups excluding tert-OH is 1. The third-order valence-corrected chi connectivity index (χ3v) is 1.48. The van der Waals surface area contributed by atoms with E-state index in [0.717, 1.165) is 25.9 Å². The maximum atomic E-state index is 9.07. The summed E-state index contributed by atoms with van der Waals surface area (Å²) < 4.78 is 5.19. The van der Waals surface area contributed by atoms with Gasteiger partial charge in [-0.05, 0) is 19.3 Å². The Hall–Kier alpha value is -0.340. The van der Waals surface area contributed by atoms with Crippen LogP contribution < -0.4 is 0 Å². The summed E-state index contributed by atoms with van der Waals surface area (Å²) >= 11 is 0. The van der Waals surface area contributed by atoms with E-state index in [1.807, 2.05) is 13.0 Å². The van der Waals surface area contributed by atoms with Gasteiger partial charge in [0.25, 0.3) is 0 Å². The van der Waals surface area contributed by atoms with Crippen molar-refractivity contribution in [2.75, 3.05) is 13.2 Å². The van der Waals surface area contributed by atoms with Crippen molar-refractivity contribution in [2.24, 2.45) is 0 Å². The molecular weight excluding hydrogens is 140 g/mol. The fraction of sp³-hybridized carbons (Fsp3) is 0.778. The first-order valence-electron chi connectivity index (χ1n) is 4.18. The minimum absolute atomic E-state index is 0.293. The van der Waals surface area contributed by atoms with Crippen LogP contribution in [0.5, 0.6) is 0 Å². The smallest absolute Gasteiger partial charge is 0.0771 e. The minimum atomic E-state index is -0.293. The van der Waals surface area contributed by atoms with Crippen LogP contribution >= 0.6 is 0 Å². The third kappa shape index (κ3) is 7.56. The number of hydrogen-bond donors (Lipinski definition) is 1. The van der Waals surface area contributed by atoms with Crippen molar-refractivity contribution in [1.82, 2.24) is 0 Å². The zero-order valence-electron chi connectivity index (χ0n) is 7.25. The fourth-order valence-electron chi connectivity index (χ4n) is 0.667. The first-order valence-corrected chi connectivity index (χ1v) is 4.18. The SMILES string of the molecule is C=CCCCOCC(O)CC. The first kappa shape index (κ1) is 10.7. The van der Waals surface area contributed by atoms with Gasteiger partial charge >= 0.3 is 0 Å². The van der Waals surface area contributed by atoms with Crippen LogP contribution in [0.25, 0.3) is 0 Å². The van der Waals surface area contributed by atoms with E-state index in [1.54, 1.807) is 0 Å². The van der Waals surface area contributed by atoms with Crippen molar-refractivity contribution in [3.63, 3.8) is 0 Å². The Balaban J connectivity index is 2.95. The van der Waals surface area contributed by atoms with Crippen LogP contribution in [0.4, 0.5) is 0 Å². The van der Waals surface area contributed by atoms with Gasteiger partial charge in [-0.25, -0.2) is 0 Å². The molecule has 0 aromatic carbocycles. The Morgan fingerprint density at radius 1 is 1.64 bits per heavy atom. The van der Waals surface area contributed by atoms with Gasteiger partial charge in [0.1, 0.15) is 0 Å². The molecule has 0 aliphatic heterocycles. The third-order valence-electron chi connectivity index (χ3n) is 1.48. The van der Waals surface area contributed by atoms with E-state index < -0.39 is 0 Å². The van der Waals surface area contributed by atoms with E-state index in [4.69, 9.17) is 9.84 Å². The van der Waals surface area contributed by atoms with Gasteiger partial charge in [0.05, 0.1) is 12.7 Å². The second-order valence-corrected chi connectivity index (χ2v) is 2.57. The number of unbranched alkanes of at least 4 members (excludes halogenated alkanes) is 1. The number of rotatable bonds is 7. The van der Waals surface area contributed by atoms with Gasteiger partial charge in [0.2, 0.25) is 0 Å². The lowest BCUT2D eigenvalue weighted by molar-refractivity contribution is 0.0344. The van der Waals surface area contributed by atoms with Crippen LogP contribution in [-0.2, 0) is 4.74 Å². The summed E-state index contributed by atoms with van der Waals surface area (Å²) in [6.07, 6.45) is 4.34. The number of ether oxygens (including phenoxy) is 1. The molecule has 1 unspecified atom stereocenters. The summed E-state index contributed by atoms with van der Waals surface area (Å²) in [5, 5.41) is 9.07. The van der Waals surface area contributed by atoms with E-state index in [0.29, 0.717) is 6.61 Å². The van der Waals surface area contributed by atoms with Gasteiger partial charge in [0, 0.05) is 6.61 Å². The topological polar surface area (TPSA) is 29.5 Å². The molecule has 0 fully saturated rings. The van der Waals surface area contributed by atoms with Crippen molar-refractivity contribution in [3.8, 4) is 0 Å². The lowest BCUT2D eigenvalue weighted by Gasteiger charge is -2.07. The molecular formula is C9H18O2. The van der Waals surface area contributed by atoms with Crippen molar-refractivity contribution < 1.29 is 9.84 Å². The lowest BCUT2D eigenvalue weighted by atomic mass is 10.3. The maximum Gasteiger partial charge on any atom is 0.0771 e. The van der Waals surface area contributed by atoms with Gasteiger partial charge in [-0.1, -0.05) is 13.0 Å². The van der Waals surface area contributed by atoms with E-state index in [2.05, 4.69) is 6.58 Å². The van der Waals surface area contributed by atoms with E-state index in [-0.39, 0.29) is 6.10 Å². The summed E-state index contributed by atoms with van der Waals surface area (Å²) in [5.41, 5.74) is 0. The predicted octanol–water partition coefficient (Wildman–Crippen LogP) is 1.74. The molecule has 0 radical (unpaired) electrons. The molecule has 11 heavy (non-hydrogen) atoms. The maximum absolute atomic E-state index is 9.07. The van der Waals surface area contributed by atoms with Gasteiger partial charge in [-0.15, -0.1) is 6.58 Å². The lowest BCUT2D eigenvalue weighted by Crippen LogP contribution is -2.14. The van der Waals surface area contributed by atoms with Crippen LogP contribution in [-0.4, -0.2) is 24.4 Å². The van der Waals surface area contributed by atoms with E-state index in [1.165, 1.54) is 0 Å². The Kier molecular flexibility index (Phi) is 7.52. The second-order valence-electron chi connectivity index (χ2n) is 2.57. The van der Waals surface area contributed by atoms with Crippen LogP contribution in [0.15, 0.2) is 12.7 Å². The first-order chi connectivity index (χ1) is 5.31. The normalized spacial score (nSPS) is 12.9. The second kappa shape index (κ2) is 7.76. The molecule has 1 atom stereocenters. The fourth-order valence-corrected chi connectivity index (χ4v) is 0.667. The summed E-state index contributed by atoms with van der Waals surface area (Å²) in [7, 11) is 0. The predicted molar refractivity (Wildman–Crippen MR) is 46.5 cm³/mol. The summed E-state index contributed by atoms with van der Waals surface area (Å²) in [4.78, 5) is 0. The molecule has 2 nitrogen and oxygen atoms in total. The van der Waals surface area contributed by atoms with Gasteiger partial charge in [-0.2, -0.15) is 0 Å². The molecule has 0 saturated heterocycles. The van der Waals surface area contributed by atoms with Gasteiger partial charge in [0.15, 0.2) is 0 Å². The Bertz CT molecular complexity index is 91.6. The molecule has 0 saturated carbocycles. The molecule has 0 rings (SSSR count). The highest BCUT2D eigenvalue weighted by Gasteiger charge is 1.98. The quantitative estimate of drug-likeness (QED) is 0.451. The Morgan fingerprint density at radius 2 is 2.36 bits per heavy atom. The molecule has 0 aliphatic rings. The molecule has 0 spiro atoms. The molecule has 0 heterocycles. The molecule has 66 valence electrons. The van der Waals surface area contributed by atoms with Crippen LogP contribution in [0.1, 0.15) is 26.2 Å². The Labute approximate surface area is 68.9 Å². The number of hydrogen-bond acceptors (Lipinski definition) is 2. The van der Waals surface area contributed by atoms with Crippen LogP contribution in [0, 0.1) is 0 Å². The van der Waals surface area contributed by atoms with E-state index >= 15 is 0 Å². The zero-order valence-corrected chi connectivity index (χ0v) is 7.25. The number of allylic oxidation sites excluding steroid dienone is 1. The summed E-state index contributed by atoms with van der Waals surface area (Å²) in [6, 6.07) is 0. The molecule has 2 heteroatoms. The largest absolute Gasteiger partial charge is 0.391 e. The molecule has 0 aromatic rings. The monoisotopic (exact) mass is 158 g/mol. The highest BCUT2D eigenvalue weighted by Crippen LogP contribution is 1.94. The zero-order chi connectivity index (χ0) is 8.53. The van der Waals surface area contributed by atoms with Gasteiger partial charge in [-0.3, -0.25) is 0 Å². The Morgan fingerprint density at radius 3 is 2.91 bits per heavy atom. The van der Waals surface area contributed by atoms with E-state index in [9.17, 15) is 0 Å². The molecule has 1 N–H and O–H groups in total. The van der Waals surface area contributed by atoms with Crippen LogP contribution in [0.2, 0.25) is 0 Å². The van der Waals surface area contributed by atoms with Crippen molar-refractivity contribution in [2.45, 2.75) is 32.3 Å². The van der Waals surface area contributed by atoms with Crippen LogP contribution in [0.3, 0.4) is 0 Å².